The van der Waals surface area contributed by atoms with E-state index in [0.29, 0.717) is 24.1 Å². The molecule has 0 saturated heterocycles. The van der Waals surface area contributed by atoms with Gasteiger partial charge in [-0.2, -0.15) is 5.26 Å². The third-order valence-electron chi connectivity index (χ3n) is 3.95. The van der Waals surface area contributed by atoms with Crippen LogP contribution in [0.2, 0.25) is 0 Å². The normalized spacial score (nSPS) is 10.5. The van der Waals surface area contributed by atoms with Gasteiger partial charge in [0.25, 0.3) is 0 Å². The minimum absolute atomic E-state index is 0.00221. The third kappa shape index (κ3) is 4.66. The first-order valence-electron chi connectivity index (χ1n) is 8.03. The summed E-state index contributed by atoms with van der Waals surface area (Å²) in [6.07, 6.45) is 0.664. The van der Waals surface area contributed by atoms with Gasteiger partial charge in [-0.1, -0.05) is 30.3 Å². The highest BCUT2D eigenvalue weighted by atomic mass is 19.1. The van der Waals surface area contributed by atoms with Crippen molar-refractivity contribution in [2.75, 3.05) is 0 Å². The van der Waals surface area contributed by atoms with Gasteiger partial charge < -0.3 is 4.90 Å². The summed E-state index contributed by atoms with van der Waals surface area (Å²) in [6.45, 7) is 4.41. The van der Waals surface area contributed by atoms with E-state index in [1.165, 1.54) is 6.07 Å². The summed E-state index contributed by atoms with van der Waals surface area (Å²) in [6, 6.07) is 15.9. The second kappa shape index (κ2) is 8.26. The molecule has 0 fully saturated rings. The van der Waals surface area contributed by atoms with E-state index in [2.05, 4.69) is 6.07 Å². The van der Waals surface area contributed by atoms with E-state index in [4.69, 9.17) is 5.26 Å². The molecule has 2 aromatic rings. The number of carbonyl (C=O) groups is 1. The maximum atomic E-state index is 13.7. The Balaban J connectivity index is 2.02. The Bertz CT molecular complexity index is 732. The fraction of sp³-hybridized carbons (Fsp3) is 0.300. The lowest BCUT2D eigenvalue weighted by molar-refractivity contribution is -0.133. The molecule has 0 N–H and O–H groups in total. The second-order valence-electron chi connectivity index (χ2n) is 6.02. The molecular formula is C20H21FN2O. The average molecular weight is 324 g/mol. The molecule has 0 bridgehead atoms. The molecule has 0 aliphatic carbocycles. The molecule has 1 amide bonds. The van der Waals surface area contributed by atoms with Crippen molar-refractivity contribution < 1.29 is 9.18 Å². The summed E-state index contributed by atoms with van der Waals surface area (Å²) in [5.41, 5.74) is 2.13. The highest BCUT2D eigenvalue weighted by Crippen LogP contribution is 2.14. The highest BCUT2D eigenvalue weighted by molar-refractivity contribution is 5.76. The van der Waals surface area contributed by atoms with Crippen molar-refractivity contribution >= 4 is 5.91 Å². The zero-order chi connectivity index (χ0) is 17.5. The molecule has 0 unspecified atom stereocenters. The van der Waals surface area contributed by atoms with Crippen molar-refractivity contribution in [2.24, 2.45) is 0 Å². The van der Waals surface area contributed by atoms with Crippen molar-refractivity contribution in [3.05, 3.63) is 71.0 Å². The average Bonchev–Trinajstić information content (AvgIpc) is 2.59. The molecule has 3 nitrogen and oxygen atoms in total. The van der Waals surface area contributed by atoms with Gasteiger partial charge >= 0.3 is 0 Å². The number of hydrogen-bond acceptors (Lipinski definition) is 2. The smallest absolute Gasteiger partial charge is 0.223 e. The number of nitriles is 1. The van der Waals surface area contributed by atoms with Gasteiger partial charge in [-0.3, -0.25) is 4.79 Å². The number of amides is 1. The number of aryl methyl sites for hydroxylation is 1. The number of benzene rings is 2. The molecule has 0 saturated carbocycles. The Labute approximate surface area is 142 Å². The van der Waals surface area contributed by atoms with Gasteiger partial charge in [-0.15, -0.1) is 0 Å². The number of hydrogen-bond donors (Lipinski definition) is 0. The molecule has 2 rings (SSSR count). The van der Waals surface area contributed by atoms with E-state index < -0.39 is 0 Å². The predicted molar refractivity (Wildman–Crippen MR) is 91.6 cm³/mol. The minimum Gasteiger partial charge on any atom is -0.336 e. The Morgan fingerprint density at radius 1 is 1.17 bits per heavy atom. The van der Waals surface area contributed by atoms with Crippen LogP contribution in [0.15, 0.2) is 48.5 Å². The van der Waals surface area contributed by atoms with Gasteiger partial charge in [0.15, 0.2) is 0 Å². The number of carbonyl (C=O) groups excluding carboxylic acids is 1. The van der Waals surface area contributed by atoms with Gasteiger partial charge in [-0.05, 0) is 49.6 Å². The molecule has 2 aromatic carbocycles. The van der Waals surface area contributed by atoms with Crippen molar-refractivity contribution in [3.8, 4) is 6.07 Å². The van der Waals surface area contributed by atoms with Crippen molar-refractivity contribution in [3.63, 3.8) is 0 Å². The first kappa shape index (κ1) is 17.7. The lowest BCUT2D eigenvalue weighted by Gasteiger charge is -2.27. The number of halogens is 1. The molecule has 0 aromatic heterocycles. The SMILES string of the molecule is CC(C)N(Cc1ccc(C#N)cc1)C(=O)CCc1ccccc1F. The topological polar surface area (TPSA) is 44.1 Å². The zero-order valence-electron chi connectivity index (χ0n) is 14.0. The molecule has 0 heterocycles. The quantitative estimate of drug-likeness (QED) is 0.804. The fourth-order valence-electron chi connectivity index (χ4n) is 2.53. The van der Waals surface area contributed by atoms with E-state index in [0.717, 1.165) is 5.56 Å². The van der Waals surface area contributed by atoms with E-state index in [1.54, 1.807) is 35.2 Å². The minimum atomic E-state index is -0.270. The Kier molecular flexibility index (Phi) is 6.08. The fourth-order valence-corrected chi connectivity index (χ4v) is 2.53. The van der Waals surface area contributed by atoms with Crippen molar-refractivity contribution in [1.29, 1.82) is 5.26 Å². The Hall–Kier alpha value is -2.67. The van der Waals surface area contributed by atoms with E-state index in [9.17, 15) is 9.18 Å². The van der Waals surface area contributed by atoms with Crippen LogP contribution in [-0.2, 0) is 17.8 Å². The van der Waals surface area contributed by atoms with Crippen LogP contribution in [0.25, 0.3) is 0 Å². The van der Waals surface area contributed by atoms with Crippen LogP contribution >= 0.6 is 0 Å². The molecule has 24 heavy (non-hydrogen) atoms. The van der Waals surface area contributed by atoms with Gasteiger partial charge in [0.1, 0.15) is 5.82 Å². The third-order valence-corrected chi connectivity index (χ3v) is 3.95. The van der Waals surface area contributed by atoms with Crippen LogP contribution in [0.3, 0.4) is 0 Å². The highest BCUT2D eigenvalue weighted by Gasteiger charge is 2.17. The van der Waals surface area contributed by atoms with Crippen LogP contribution < -0.4 is 0 Å². The van der Waals surface area contributed by atoms with Gasteiger partial charge in [0.05, 0.1) is 11.6 Å². The lowest BCUT2D eigenvalue weighted by Crippen LogP contribution is -2.36. The van der Waals surface area contributed by atoms with Crippen molar-refractivity contribution in [1.82, 2.24) is 4.90 Å². The predicted octanol–water partition coefficient (Wildman–Crippen LogP) is 4.07. The number of nitrogens with zero attached hydrogens (tertiary/aromatic N) is 2. The van der Waals surface area contributed by atoms with Crippen LogP contribution in [-0.4, -0.2) is 16.8 Å². The Morgan fingerprint density at radius 3 is 2.42 bits per heavy atom. The number of rotatable bonds is 6. The maximum Gasteiger partial charge on any atom is 0.223 e. The van der Waals surface area contributed by atoms with Crippen LogP contribution in [0.4, 0.5) is 4.39 Å². The van der Waals surface area contributed by atoms with Crippen molar-refractivity contribution in [2.45, 2.75) is 39.3 Å². The van der Waals surface area contributed by atoms with Gasteiger partial charge in [0, 0.05) is 19.0 Å². The summed E-state index contributed by atoms with van der Waals surface area (Å²) in [4.78, 5) is 14.3. The Morgan fingerprint density at radius 2 is 1.83 bits per heavy atom. The molecule has 124 valence electrons. The second-order valence-corrected chi connectivity index (χ2v) is 6.02. The molecule has 0 aliphatic rings. The molecular weight excluding hydrogens is 303 g/mol. The standard InChI is InChI=1S/C20H21FN2O/c1-15(2)23(14-17-9-7-16(13-22)8-10-17)20(24)12-11-18-5-3-4-6-19(18)21/h3-10,15H,11-12,14H2,1-2H3. The van der Waals surface area contributed by atoms with Crippen LogP contribution in [0.1, 0.15) is 37.0 Å². The monoisotopic (exact) mass is 324 g/mol. The maximum absolute atomic E-state index is 13.7. The summed E-state index contributed by atoms with van der Waals surface area (Å²) >= 11 is 0. The molecule has 0 spiro atoms. The lowest BCUT2D eigenvalue weighted by atomic mass is 10.1. The van der Waals surface area contributed by atoms with E-state index in [-0.39, 0.29) is 24.2 Å². The van der Waals surface area contributed by atoms with Crippen LogP contribution in [0.5, 0.6) is 0 Å². The molecule has 0 atom stereocenters. The van der Waals surface area contributed by atoms with Crippen LogP contribution in [0, 0.1) is 17.1 Å². The first-order chi connectivity index (χ1) is 11.5. The molecule has 0 radical (unpaired) electrons. The first-order valence-corrected chi connectivity index (χ1v) is 8.03. The summed E-state index contributed by atoms with van der Waals surface area (Å²) < 4.78 is 13.7. The van der Waals surface area contributed by atoms with Gasteiger partial charge in [-0.25, -0.2) is 4.39 Å². The summed E-state index contributed by atoms with van der Waals surface area (Å²) in [5, 5.41) is 8.84. The summed E-state index contributed by atoms with van der Waals surface area (Å²) in [7, 11) is 0. The van der Waals surface area contributed by atoms with Gasteiger partial charge in [0.2, 0.25) is 5.91 Å². The summed E-state index contributed by atoms with van der Waals surface area (Å²) in [5.74, 6) is -0.272. The molecule has 0 aliphatic heterocycles. The van der Waals surface area contributed by atoms with E-state index >= 15 is 0 Å². The zero-order valence-corrected chi connectivity index (χ0v) is 14.0. The largest absolute Gasteiger partial charge is 0.336 e. The van der Waals surface area contributed by atoms with E-state index in [1.807, 2.05) is 26.0 Å². The molecule has 4 heteroatoms.